The van der Waals surface area contributed by atoms with Crippen molar-refractivity contribution in [1.29, 1.82) is 0 Å². The Morgan fingerprint density at radius 2 is 1.72 bits per heavy atom. The second-order valence-electron chi connectivity index (χ2n) is 4.37. The van der Waals surface area contributed by atoms with Crippen molar-refractivity contribution in [1.82, 2.24) is 4.98 Å². The number of fused-ring (bicyclic) bond motifs is 1. The lowest BCUT2D eigenvalue weighted by Crippen LogP contribution is -1.90. The molecule has 0 aliphatic carbocycles. The predicted octanol–water partition coefficient (Wildman–Crippen LogP) is 3.92. The SMILES string of the molecule is Cc1cc2cccc(O)c2nc1-c1ccccc1. The summed E-state index contributed by atoms with van der Waals surface area (Å²) in [5.41, 5.74) is 3.76. The zero-order valence-corrected chi connectivity index (χ0v) is 10.1. The summed E-state index contributed by atoms with van der Waals surface area (Å²) < 4.78 is 0. The Kier molecular flexibility index (Phi) is 2.49. The molecule has 1 heterocycles. The number of phenolic OH excluding ortho intramolecular Hbond substituents is 1. The fourth-order valence-corrected chi connectivity index (χ4v) is 2.18. The highest BCUT2D eigenvalue weighted by molar-refractivity contribution is 5.87. The first-order valence-electron chi connectivity index (χ1n) is 5.90. The van der Waals surface area contributed by atoms with E-state index in [0.717, 1.165) is 22.2 Å². The third-order valence-electron chi connectivity index (χ3n) is 3.06. The van der Waals surface area contributed by atoms with Crippen molar-refractivity contribution in [3.63, 3.8) is 0 Å². The number of nitrogens with zero attached hydrogens (tertiary/aromatic N) is 1. The number of para-hydroxylation sites is 1. The normalized spacial score (nSPS) is 10.7. The van der Waals surface area contributed by atoms with Gasteiger partial charge in [-0.25, -0.2) is 4.98 Å². The van der Waals surface area contributed by atoms with E-state index in [1.54, 1.807) is 6.07 Å². The number of aryl methyl sites for hydroxylation is 1. The average Bonchev–Trinajstić information content (AvgIpc) is 2.39. The van der Waals surface area contributed by atoms with Crippen LogP contribution in [0.5, 0.6) is 5.75 Å². The van der Waals surface area contributed by atoms with Crippen molar-refractivity contribution in [2.75, 3.05) is 0 Å². The molecule has 1 N–H and O–H groups in total. The molecule has 3 rings (SSSR count). The number of aromatic hydroxyl groups is 1. The highest BCUT2D eigenvalue weighted by atomic mass is 16.3. The molecule has 0 saturated heterocycles. The van der Waals surface area contributed by atoms with Gasteiger partial charge in [-0.05, 0) is 24.6 Å². The summed E-state index contributed by atoms with van der Waals surface area (Å²) in [4.78, 5) is 4.59. The van der Waals surface area contributed by atoms with Crippen LogP contribution >= 0.6 is 0 Å². The molecule has 0 aliphatic rings. The lowest BCUT2D eigenvalue weighted by atomic mass is 10.0. The summed E-state index contributed by atoms with van der Waals surface area (Å²) in [5.74, 6) is 0.227. The minimum absolute atomic E-state index is 0.227. The van der Waals surface area contributed by atoms with Crippen LogP contribution in [0.2, 0.25) is 0 Å². The summed E-state index contributed by atoms with van der Waals surface area (Å²) in [6, 6.07) is 17.5. The minimum atomic E-state index is 0.227. The molecule has 0 atom stereocenters. The molecule has 2 heteroatoms. The molecule has 0 unspecified atom stereocenters. The van der Waals surface area contributed by atoms with Crippen LogP contribution in [0.25, 0.3) is 22.2 Å². The third kappa shape index (κ3) is 1.72. The van der Waals surface area contributed by atoms with Crippen molar-refractivity contribution in [2.45, 2.75) is 6.92 Å². The van der Waals surface area contributed by atoms with E-state index in [-0.39, 0.29) is 5.75 Å². The molecule has 2 nitrogen and oxygen atoms in total. The molecule has 0 spiro atoms. The Morgan fingerprint density at radius 3 is 2.50 bits per heavy atom. The highest BCUT2D eigenvalue weighted by Gasteiger charge is 2.07. The monoisotopic (exact) mass is 235 g/mol. The van der Waals surface area contributed by atoms with Gasteiger partial charge >= 0.3 is 0 Å². The quantitative estimate of drug-likeness (QED) is 0.693. The second kappa shape index (κ2) is 4.15. The van der Waals surface area contributed by atoms with Gasteiger partial charge in [-0.2, -0.15) is 0 Å². The van der Waals surface area contributed by atoms with E-state index >= 15 is 0 Å². The molecule has 0 saturated carbocycles. The standard InChI is InChI=1S/C16H13NO/c1-11-10-13-8-5-9-14(18)16(13)17-15(11)12-6-3-2-4-7-12/h2-10,18H,1H3. The van der Waals surface area contributed by atoms with Gasteiger partial charge in [0, 0.05) is 10.9 Å². The maximum Gasteiger partial charge on any atom is 0.141 e. The van der Waals surface area contributed by atoms with Crippen LogP contribution in [0, 0.1) is 6.92 Å². The average molecular weight is 235 g/mol. The van der Waals surface area contributed by atoms with Gasteiger partial charge in [0.25, 0.3) is 0 Å². The molecule has 2 aromatic carbocycles. The molecule has 88 valence electrons. The number of phenols is 1. The largest absolute Gasteiger partial charge is 0.506 e. The molecule has 18 heavy (non-hydrogen) atoms. The summed E-state index contributed by atoms with van der Waals surface area (Å²) in [6.07, 6.45) is 0. The fourth-order valence-electron chi connectivity index (χ4n) is 2.18. The van der Waals surface area contributed by atoms with Crippen molar-refractivity contribution in [2.24, 2.45) is 0 Å². The van der Waals surface area contributed by atoms with Crippen LogP contribution in [-0.2, 0) is 0 Å². The zero-order valence-electron chi connectivity index (χ0n) is 10.1. The van der Waals surface area contributed by atoms with Crippen LogP contribution in [0.4, 0.5) is 0 Å². The summed E-state index contributed by atoms with van der Waals surface area (Å²) in [5, 5.41) is 10.8. The van der Waals surface area contributed by atoms with Gasteiger partial charge in [-0.15, -0.1) is 0 Å². The first kappa shape index (κ1) is 10.8. The fraction of sp³-hybridized carbons (Fsp3) is 0.0625. The minimum Gasteiger partial charge on any atom is -0.506 e. The van der Waals surface area contributed by atoms with Gasteiger partial charge in [-0.3, -0.25) is 0 Å². The Labute approximate surface area is 106 Å². The number of aromatic nitrogens is 1. The number of hydrogen-bond donors (Lipinski definition) is 1. The molecule has 3 aromatic rings. The van der Waals surface area contributed by atoms with Crippen molar-refractivity contribution < 1.29 is 5.11 Å². The Morgan fingerprint density at radius 1 is 0.944 bits per heavy atom. The van der Waals surface area contributed by atoms with Crippen molar-refractivity contribution >= 4 is 10.9 Å². The van der Waals surface area contributed by atoms with Crippen molar-refractivity contribution in [3.8, 4) is 17.0 Å². The lowest BCUT2D eigenvalue weighted by molar-refractivity contribution is 0.480. The second-order valence-corrected chi connectivity index (χ2v) is 4.37. The Balaban J connectivity index is 2.31. The Hall–Kier alpha value is -2.35. The van der Waals surface area contributed by atoms with Crippen LogP contribution in [-0.4, -0.2) is 10.1 Å². The van der Waals surface area contributed by atoms with E-state index in [1.807, 2.05) is 49.4 Å². The van der Waals surface area contributed by atoms with Crippen LogP contribution < -0.4 is 0 Å². The van der Waals surface area contributed by atoms with E-state index in [1.165, 1.54) is 0 Å². The molecule has 0 aliphatic heterocycles. The van der Waals surface area contributed by atoms with E-state index in [9.17, 15) is 5.11 Å². The topological polar surface area (TPSA) is 33.1 Å². The van der Waals surface area contributed by atoms with Gasteiger partial charge in [0.05, 0.1) is 5.69 Å². The maximum atomic E-state index is 9.87. The summed E-state index contributed by atoms with van der Waals surface area (Å²) in [7, 11) is 0. The summed E-state index contributed by atoms with van der Waals surface area (Å²) >= 11 is 0. The lowest BCUT2D eigenvalue weighted by Gasteiger charge is -2.08. The summed E-state index contributed by atoms with van der Waals surface area (Å²) in [6.45, 7) is 2.04. The predicted molar refractivity (Wildman–Crippen MR) is 73.6 cm³/mol. The zero-order chi connectivity index (χ0) is 12.5. The molecule has 0 amide bonds. The Bertz CT molecular complexity index is 705. The van der Waals surface area contributed by atoms with Crippen molar-refractivity contribution in [3.05, 3.63) is 60.2 Å². The smallest absolute Gasteiger partial charge is 0.141 e. The van der Waals surface area contributed by atoms with Crippen LogP contribution in [0.15, 0.2) is 54.6 Å². The van der Waals surface area contributed by atoms with E-state index in [0.29, 0.717) is 5.52 Å². The number of benzene rings is 2. The maximum absolute atomic E-state index is 9.87. The molecule has 0 fully saturated rings. The number of pyridine rings is 1. The number of hydrogen-bond acceptors (Lipinski definition) is 2. The first-order valence-corrected chi connectivity index (χ1v) is 5.90. The molecular formula is C16H13NO. The van der Waals surface area contributed by atoms with Crippen LogP contribution in [0.1, 0.15) is 5.56 Å². The van der Waals surface area contributed by atoms with Gasteiger partial charge in [-0.1, -0.05) is 42.5 Å². The molecule has 0 radical (unpaired) electrons. The highest BCUT2D eigenvalue weighted by Crippen LogP contribution is 2.28. The first-order chi connectivity index (χ1) is 8.75. The molecule has 1 aromatic heterocycles. The van der Waals surface area contributed by atoms with E-state index in [4.69, 9.17) is 0 Å². The van der Waals surface area contributed by atoms with Crippen LogP contribution in [0.3, 0.4) is 0 Å². The van der Waals surface area contributed by atoms with E-state index < -0.39 is 0 Å². The van der Waals surface area contributed by atoms with Gasteiger partial charge in [0.1, 0.15) is 11.3 Å². The van der Waals surface area contributed by atoms with Gasteiger partial charge in [0.2, 0.25) is 0 Å². The molecule has 0 bridgehead atoms. The molecular weight excluding hydrogens is 222 g/mol. The van der Waals surface area contributed by atoms with E-state index in [2.05, 4.69) is 11.1 Å². The third-order valence-corrected chi connectivity index (χ3v) is 3.06. The van der Waals surface area contributed by atoms with Gasteiger partial charge < -0.3 is 5.11 Å². The number of rotatable bonds is 1. The van der Waals surface area contributed by atoms with Gasteiger partial charge in [0.15, 0.2) is 0 Å².